The van der Waals surface area contributed by atoms with Gasteiger partial charge in [-0.15, -0.1) is 0 Å². The average Bonchev–Trinajstić information content (AvgIpc) is 2.97. The fourth-order valence-corrected chi connectivity index (χ4v) is 4.08. The van der Waals surface area contributed by atoms with Gasteiger partial charge in [-0.05, 0) is 37.5 Å². The third-order valence-corrected chi connectivity index (χ3v) is 4.79. The Morgan fingerprint density at radius 1 is 1.17 bits per heavy atom. The number of carbonyl (C=O) groups excluding carboxylic acids is 2. The van der Waals surface area contributed by atoms with Gasteiger partial charge in [0.05, 0.1) is 11.8 Å². The van der Waals surface area contributed by atoms with E-state index >= 15 is 0 Å². The van der Waals surface area contributed by atoms with Crippen LogP contribution in [0, 0.1) is 23.7 Å². The van der Waals surface area contributed by atoms with Crippen LogP contribution in [0.2, 0.25) is 0 Å². The van der Waals surface area contributed by atoms with Gasteiger partial charge in [0.1, 0.15) is 0 Å². The van der Waals surface area contributed by atoms with Gasteiger partial charge >= 0.3 is 5.97 Å². The highest BCUT2D eigenvalue weighted by atomic mass is 16.4. The Kier molecular flexibility index (Phi) is 2.64. The van der Waals surface area contributed by atoms with Crippen molar-refractivity contribution >= 4 is 17.8 Å². The maximum absolute atomic E-state index is 12.2. The van der Waals surface area contributed by atoms with Gasteiger partial charge in [0, 0.05) is 13.0 Å². The number of hydrogen-bond donors (Lipinski definition) is 1. The molecule has 0 aromatic rings. The molecule has 98 valence electrons. The second-order valence-electron chi connectivity index (χ2n) is 5.71. The average molecular weight is 251 g/mol. The molecule has 0 aromatic heterocycles. The highest BCUT2D eigenvalue weighted by Gasteiger charge is 2.60. The van der Waals surface area contributed by atoms with E-state index in [1.54, 1.807) is 0 Å². The van der Waals surface area contributed by atoms with Crippen LogP contribution in [-0.4, -0.2) is 34.3 Å². The smallest absolute Gasteiger partial charge is 0.303 e. The molecule has 3 fully saturated rings. The second kappa shape index (κ2) is 4.07. The molecule has 4 atom stereocenters. The molecular formula is C13H17NO4. The Bertz CT molecular complexity index is 391. The zero-order valence-corrected chi connectivity index (χ0v) is 10.2. The maximum atomic E-state index is 12.2. The first-order chi connectivity index (χ1) is 8.59. The summed E-state index contributed by atoms with van der Waals surface area (Å²) in [6, 6.07) is 0. The van der Waals surface area contributed by atoms with Crippen molar-refractivity contribution in [2.24, 2.45) is 23.7 Å². The molecule has 5 nitrogen and oxygen atoms in total. The molecule has 3 rings (SSSR count). The van der Waals surface area contributed by atoms with Gasteiger partial charge in [0.15, 0.2) is 0 Å². The Labute approximate surface area is 105 Å². The van der Waals surface area contributed by atoms with Crippen LogP contribution >= 0.6 is 0 Å². The van der Waals surface area contributed by atoms with Gasteiger partial charge in [-0.25, -0.2) is 0 Å². The lowest BCUT2D eigenvalue weighted by Crippen LogP contribution is -2.33. The van der Waals surface area contributed by atoms with Crippen molar-refractivity contribution in [3.63, 3.8) is 0 Å². The van der Waals surface area contributed by atoms with Crippen LogP contribution in [0.25, 0.3) is 0 Å². The third-order valence-electron chi connectivity index (χ3n) is 4.79. The Balaban J connectivity index is 1.69. The number of likely N-dealkylation sites (tertiary alicyclic amines) is 1. The van der Waals surface area contributed by atoms with E-state index in [1.165, 1.54) is 4.90 Å². The van der Waals surface area contributed by atoms with E-state index in [1.807, 2.05) is 0 Å². The van der Waals surface area contributed by atoms with Gasteiger partial charge in [0.2, 0.25) is 11.8 Å². The van der Waals surface area contributed by atoms with Gasteiger partial charge in [-0.1, -0.05) is 0 Å². The van der Waals surface area contributed by atoms with Crippen LogP contribution in [0.15, 0.2) is 0 Å². The number of carboxylic acids is 1. The summed E-state index contributed by atoms with van der Waals surface area (Å²) >= 11 is 0. The topological polar surface area (TPSA) is 74.7 Å². The lowest BCUT2D eigenvalue weighted by molar-refractivity contribution is -0.142. The molecule has 2 amide bonds. The number of imide groups is 1. The summed E-state index contributed by atoms with van der Waals surface area (Å²) in [6.45, 7) is 0.274. The largest absolute Gasteiger partial charge is 0.481 e. The van der Waals surface area contributed by atoms with E-state index in [0.29, 0.717) is 18.3 Å². The molecule has 0 radical (unpaired) electrons. The van der Waals surface area contributed by atoms with Crippen LogP contribution in [0.4, 0.5) is 0 Å². The Hall–Kier alpha value is -1.39. The van der Waals surface area contributed by atoms with Crippen molar-refractivity contribution in [1.29, 1.82) is 0 Å². The molecule has 18 heavy (non-hydrogen) atoms. The van der Waals surface area contributed by atoms with E-state index in [0.717, 1.165) is 19.3 Å². The number of amides is 2. The molecule has 2 saturated carbocycles. The van der Waals surface area contributed by atoms with Crippen molar-refractivity contribution < 1.29 is 19.5 Å². The molecule has 2 bridgehead atoms. The number of fused-ring (bicyclic) bond motifs is 5. The molecule has 5 heteroatoms. The standard InChI is InChI=1S/C13H17NO4/c15-9(16)2-1-5-14-12(17)10-7-3-4-8(6-7)11(10)13(14)18/h7-8,10-11H,1-6H2,(H,15,16)/t7-,8-,10-,11+/m0/s1. The summed E-state index contributed by atoms with van der Waals surface area (Å²) < 4.78 is 0. The fraction of sp³-hybridized carbons (Fsp3) is 0.769. The van der Waals surface area contributed by atoms with Gasteiger partial charge in [0.25, 0.3) is 0 Å². The zero-order valence-electron chi connectivity index (χ0n) is 10.2. The SMILES string of the molecule is O=C(O)CCCN1C(=O)[C@@H]2[C@H]3CC[C@@H](C3)[C@@H]2C1=O. The third kappa shape index (κ3) is 1.56. The Morgan fingerprint density at radius 2 is 1.72 bits per heavy atom. The molecule has 2 aliphatic carbocycles. The number of carbonyl (C=O) groups is 3. The minimum Gasteiger partial charge on any atom is -0.481 e. The minimum absolute atomic E-state index is 0.0131. The highest BCUT2D eigenvalue weighted by Crippen LogP contribution is 2.56. The quantitative estimate of drug-likeness (QED) is 0.753. The molecule has 3 aliphatic rings. The van der Waals surface area contributed by atoms with Gasteiger partial charge in [-0.3, -0.25) is 19.3 Å². The predicted molar refractivity (Wildman–Crippen MR) is 61.4 cm³/mol. The van der Waals surface area contributed by atoms with Crippen LogP contribution < -0.4 is 0 Å². The molecule has 1 heterocycles. The monoisotopic (exact) mass is 251 g/mol. The van der Waals surface area contributed by atoms with Gasteiger partial charge < -0.3 is 5.11 Å². The summed E-state index contributed by atoms with van der Waals surface area (Å²) in [5, 5.41) is 8.59. The molecule has 0 aromatic carbocycles. The molecule has 0 unspecified atom stereocenters. The van der Waals surface area contributed by atoms with Crippen molar-refractivity contribution in [3.05, 3.63) is 0 Å². The summed E-state index contributed by atoms with van der Waals surface area (Å²) in [5.41, 5.74) is 0. The second-order valence-corrected chi connectivity index (χ2v) is 5.71. The maximum Gasteiger partial charge on any atom is 0.303 e. The lowest BCUT2D eigenvalue weighted by atomic mass is 9.81. The predicted octanol–water partition coefficient (Wildman–Crippen LogP) is 0.882. The molecule has 0 spiro atoms. The van der Waals surface area contributed by atoms with E-state index in [-0.39, 0.29) is 36.6 Å². The number of rotatable bonds is 4. The van der Waals surface area contributed by atoms with Gasteiger partial charge in [-0.2, -0.15) is 0 Å². The number of aliphatic carboxylic acids is 1. The van der Waals surface area contributed by atoms with Crippen molar-refractivity contribution in [2.45, 2.75) is 32.1 Å². The van der Waals surface area contributed by atoms with E-state index in [2.05, 4.69) is 0 Å². The van der Waals surface area contributed by atoms with Crippen molar-refractivity contribution in [2.75, 3.05) is 6.54 Å². The molecule has 1 N–H and O–H groups in total. The summed E-state index contributed by atoms with van der Waals surface area (Å²) in [4.78, 5) is 36.2. The van der Waals surface area contributed by atoms with E-state index < -0.39 is 5.97 Å². The van der Waals surface area contributed by atoms with Crippen LogP contribution in [0.1, 0.15) is 32.1 Å². The summed E-state index contributed by atoms with van der Waals surface area (Å²) in [5.74, 6) is -0.316. The molecular weight excluding hydrogens is 234 g/mol. The number of hydrogen-bond acceptors (Lipinski definition) is 3. The summed E-state index contributed by atoms with van der Waals surface area (Å²) in [7, 11) is 0. The molecule has 1 aliphatic heterocycles. The first-order valence-electron chi connectivity index (χ1n) is 6.66. The summed E-state index contributed by atoms with van der Waals surface area (Å²) in [6.07, 6.45) is 3.57. The normalized spacial score (nSPS) is 37.4. The van der Waals surface area contributed by atoms with Crippen LogP contribution in [-0.2, 0) is 14.4 Å². The van der Waals surface area contributed by atoms with E-state index in [4.69, 9.17) is 5.11 Å². The van der Waals surface area contributed by atoms with Crippen molar-refractivity contribution in [3.8, 4) is 0 Å². The zero-order chi connectivity index (χ0) is 12.9. The highest BCUT2D eigenvalue weighted by molar-refractivity contribution is 6.06. The first-order valence-corrected chi connectivity index (χ1v) is 6.66. The van der Waals surface area contributed by atoms with Crippen LogP contribution in [0.5, 0.6) is 0 Å². The number of nitrogens with zero attached hydrogens (tertiary/aromatic N) is 1. The molecule has 1 saturated heterocycles. The Morgan fingerprint density at radius 3 is 2.22 bits per heavy atom. The lowest BCUT2D eigenvalue weighted by Gasteiger charge is -2.19. The number of carboxylic acid groups (broad SMARTS) is 1. The van der Waals surface area contributed by atoms with Crippen molar-refractivity contribution in [1.82, 2.24) is 4.90 Å². The first kappa shape index (κ1) is 11.7. The van der Waals surface area contributed by atoms with E-state index in [9.17, 15) is 14.4 Å². The minimum atomic E-state index is -0.880. The fourth-order valence-electron chi connectivity index (χ4n) is 4.08. The van der Waals surface area contributed by atoms with Crippen LogP contribution in [0.3, 0.4) is 0 Å².